The van der Waals surface area contributed by atoms with E-state index in [0.29, 0.717) is 5.13 Å². The van der Waals surface area contributed by atoms with Crippen LogP contribution in [0.25, 0.3) is 17.3 Å². The summed E-state index contributed by atoms with van der Waals surface area (Å²) in [7, 11) is 0. The van der Waals surface area contributed by atoms with Crippen molar-refractivity contribution in [3.63, 3.8) is 0 Å². The minimum atomic E-state index is -0.929. The van der Waals surface area contributed by atoms with Gasteiger partial charge in [0.2, 0.25) is 0 Å². The van der Waals surface area contributed by atoms with Crippen molar-refractivity contribution in [1.82, 2.24) is 4.98 Å². The molecule has 1 heterocycles. The quantitative estimate of drug-likeness (QED) is 0.510. The molecular weight excluding hydrogens is 360 g/mol. The summed E-state index contributed by atoms with van der Waals surface area (Å²) in [6, 6.07) is 19.1. The number of hydrogen-bond acceptors (Lipinski definition) is 5. The van der Waals surface area contributed by atoms with Crippen molar-refractivity contribution in [2.75, 3.05) is 5.32 Å². The van der Waals surface area contributed by atoms with Crippen molar-refractivity contribution in [2.24, 2.45) is 0 Å². The van der Waals surface area contributed by atoms with Gasteiger partial charge < -0.3 is 4.74 Å². The van der Waals surface area contributed by atoms with Gasteiger partial charge in [-0.05, 0) is 18.6 Å². The molecule has 0 aliphatic carbocycles. The first-order valence-electron chi connectivity index (χ1n) is 8.37. The van der Waals surface area contributed by atoms with E-state index in [1.54, 1.807) is 6.08 Å². The summed E-state index contributed by atoms with van der Waals surface area (Å²) in [5.41, 5.74) is 2.63. The van der Waals surface area contributed by atoms with Crippen molar-refractivity contribution in [3.05, 3.63) is 77.7 Å². The van der Waals surface area contributed by atoms with Gasteiger partial charge in [-0.1, -0.05) is 60.7 Å². The topological polar surface area (TPSA) is 68.3 Å². The third-order valence-corrected chi connectivity index (χ3v) is 4.44. The largest absolute Gasteiger partial charge is 0.449 e. The highest BCUT2D eigenvalue weighted by atomic mass is 32.1. The molecule has 3 rings (SSSR count). The van der Waals surface area contributed by atoms with Gasteiger partial charge in [0, 0.05) is 17.0 Å². The average molecular weight is 378 g/mol. The van der Waals surface area contributed by atoms with Crippen LogP contribution in [-0.4, -0.2) is 23.0 Å². The molecule has 1 aromatic heterocycles. The van der Waals surface area contributed by atoms with E-state index >= 15 is 0 Å². The third kappa shape index (κ3) is 5.36. The Bertz CT molecular complexity index is 936. The zero-order valence-corrected chi connectivity index (χ0v) is 15.5. The van der Waals surface area contributed by atoms with Gasteiger partial charge >= 0.3 is 5.97 Å². The molecule has 136 valence electrons. The van der Waals surface area contributed by atoms with Crippen LogP contribution in [0.1, 0.15) is 12.5 Å². The number of benzene rings is 2. The lowest BCUT2D eigenvalue weighted by Gasteiger charge is -2.10. The Balaban J connectivity index is 1.54. The number of rotatable bonds is 6. The first-order valence-corrected chi connectivity index (χ1v) is 9.25. The maximum absolute atomic E-state index is 12.2. The molecule has 1 unspecified atom stereocenters. The average Bonchev–Trinajstić information content (AvgIpc) is 3.16. The van der Waals surface area contributed by atoms with Crippen molar-refractivity contribution in [2.45, 2.75) is 13.0 Å². The lowest BCUT2D eigenvalue weighted by atomic mass is 10.2. The van der Waals surface area contributed by atoms with E-state index in [0.717, 1.165) is 16.8 Å². The van der Waals surface area contributed by atoms with Crippen molar-refractivity contribution in [3.8, 4) is 11.3 Å². The van der Waals surface area contributed by atoms with Crippen LogP contribution in [0.4, 0.5) is 5.13 Å². The number of ether oxygens (including phenoxy) is 1. The molecule has 0 saturated heterocycles. The molecule has 0 bridgehead atoms. The number of thiazole rings is 1. The van der Waals surface area contributed by atoms with Gasteiger partial charge in [-0.2, -0.15) is 0 Å². The fourth-order valence-corrected chi connectivity index (χ4v) is 3.00. The minimum absolute atomic E-state index is 0.426. The summed E-state index contributed by atoms with van der Waals surface area (Å²) >= 11 is 1.32. The van der Waals surface area contributed by atoms with E-state index < -0.39 is 18.0 Å². The molecular formula is C21H18N2O3S. The predicted octanol–water partition coefficient (Wildman–Crippen LogP) is 4.39. The second kappa shape index (κ2) is 8.91. The Kier molecular flexibility index (Phi) is 6.12. The Labute approximate surface area is 161 Å². The van der Waals surface area contributed by atoms with Crippen LogP contribution in [-0.2, 0) is 14.3 Å². The van der Waals surface area contributed by atoms with Crippen molar-refractivity contribution in [1.29, 1.82) is 0 Å². The van der Waals surface area contributed by atoms with Crippen molar-refractivity contribution >= 4 is 34.4 Å². The molecule has 0 fully saturated rings. The Morgan fingerprint density at radius 2 is 1.74 bits per heavy atom. The molecule has 0 aliphatic heterocycles. The standard InChI is InChI=1S/C21H18N2O3S/c1-15(26-19(24)13-12-16-8-4-2-5-9-16)20(25)23-21-22-18(14-27-21)17-10-6-3-7-11-17/h2-15H,1H3,(H,22,23,25)/b13-12+. The van der Waals surface area contributed by atoms with Gasteiger partial charge in [-0.15, -0.1) is 11.3 Å². The van der Waals surface area contributed by atoms with Gasteiger partial charge in [-0.3, -0.25) is 10.1 Å². The van der Waals surface area contributed by atoms with Gasteiger partial charge in [0.25, 0.3) is 5.91 Å². The highest BCUT2D eigenvalue weighted by Crippen LogP contribution is 2.24. The number of anilines is 1. The summed E-state index contributed by atoms with van der Waals surface area (Å²) in [5, 5.41) is 5.00. The van der Waals surface area contributed by atoms with Crippen LogP contribution >= 0.6 is 11.3 Å². The smallest absolute Gasteiger partial charge is 0.331 e. The number of aromatic nitrogens is 1. The van der Waals surface area contributed by atoms with Crippen LogP contribution in [0.15, 0.2) is 72.1 Å². The van der Waals surface area contributed by atoms with Crippen LogP contribution in [0.2, 0.25) is 0 Å². The Morgan fingerprint density at radius 1 is 1.07 bits per heavy atom. The maximum atomic E-state index is 12.2. The number of carbonyl (C=O) groups excluding carboxylic acids is 2. The maximum Gasteiger partial charge on any atom is 0.331 e. The molecule has 27 heavy (non-hydrogen) atoms. The monoisotopic (exact) mass is 378 g/mol. The zero-order chi connectivity index (χ0) is 19.1. The normalized spacial score (nSPS) is 11.9. The van der Waals surface area contributed by atoms with E-state index in [2.05, 4.69) is 10.3 Å². The van der Waals surface area contributed by atoms with Crippen LogP contribution < -0.4 is 5.32 Å². The van der Waals surface area contributed by atoms with Gasteiger partial charge in [0.1, 0.15) is 0 Å². The number of nitrogens with zero attached hydrogens (tertiary/aromatic N) is 1. The summed E-state index contributed by atoms with van der Waals surface area (Å²) in [6.07, 6.45) is 2.01. The second-order valence-corrected chi connectivity index (χ2v) is 6.57. The lowest BCUT2D eigenvalue weighted by Crippen LogP contribution is -2.29. The molecule has 1 atom stereocenters. The number of carbonyl (C=O) groups is 2. The number of amides is 1. The fourth-order valence-electron chi connectivity index (χ4n) is 2.28. The van der Waals surface area contributed by atoms with Crippen molar-refractivity contribution < 1.29 is 14.3 Å². The summed E-state index contributed by atoms with van der Waals surface area (Å²) in [4.78, 5) is 28.5. The van der Waals surface area contributed by atoms with Gasteiger partial charge in [0.05, 0.1) is 5.69 Å². The first kappa shape index (κ1) is 18.5. The van der Waals surface area contributed by atoms with E-state index in [1.807, 2.05) is 66.0 Å². The summed E-state index contributed by atoms with van der Waals surface area (Å²) < 4.78 is 5.14. The van der Waals surface area contributed by atoms with E-state index in [4.69, 9.17) is 4.74 Å². The molecule has 2 aromatic carbocycles. The molecule has 1 N–H and O–H groups in total. The molecule has 1 amide bonds. The summed E-state index contributed by atoms with van der Waals surface area (Å²) in [5.74, 6) is -1.00. The molecule has 0 spiro atoms. The molecule has 0 saturated carbocycles. The Morgan fingerprint density at radius 3 is 2.44 bits per heavy atom. The zero-order valence-electron chi connectivity index (χ0n) is 14.7. The molecule has 6 heteroatoms. The molecule has 3 aromatic rings. The number of esters is 1. The van der Waals surface area contributed by atoms with Crippen LogP contribution in [0.5, 0.6) is 0 Å². The van der Waals surface area contributed by atoms with Crippen LogP contribution in [0.3, 0.4) is 0 Å². The van der Waals surface area contributed by atoms with E-state index in [9.17, 15) is 9.59 Å². The third-order valence-electron chi connectivity index (χ3n) is 3.68. The predicted molar refractivity (Wildman–Crippen MR) is 107 cm³/mol. The van der Waals surface area contributed by atoms with E-state index in [1.165, 1.54) is 24.3 Å². The minimum Gasteiger partial charge on any atom is -0.449 e. The second-order valence-electron chi connectivity index (χ2n) is 5.72. The molecule has 0 radical (unpaired) electrons. The summed E-state index contributed by atoms with van der Waals surface area (Å²) in [6.45, 7) is 1.52. The van der Waals surface area contributed by atoms with E-state index in [-0.39, 0.29) is 0 Å². The molecule has 0 aliphatic rings. The number of hydrogen-bond donors (Lipinski definition) is 1. The van der Waals surface area contributed by atoms with Gasteiger partial charge in [0.15, 0.2) is 11.2 Å². The molecule has 5 nitrogen and oxygen atoms in total. The highest BCUT2D eigenvalue weighted by Gasteiger charge is 2.18. The number of nitrogens with one attached hydrogen (secondary N) is 1. The highest BCUT2D eigenvalue weighted by molar-refractivity contribution is 7.14. The lowest BCUT2D eigenvalue weighted by molar-refractivity contribution is -0.148. The fraction of sp³-hybridized carbons (Fsp3) is 0.0952. The van der Waals surface area contributed by atoms with Gasteiger partial charge in [-0.25, -0.2) is 9.78 Å². The van der Waals surface area contributed by atoms with Crippen LogP contribution in [0, 0.1) is 0 Å². The Hall–Kier alpha value is -3.25. The first-order chi connectivity index (χ1) is 13.1. The SMILES string of the molecule is CC(OC(=O)/C=C/c1ccccc1)C(=O)Nc1nc(-c2ccccc2)cs1.